The molecule has 2 rings (SSSR count). The van der Waals surface area contributed by atoms with E-state index in [0.717, 1.165) is 12.0 Å². The number of benzene rings is 1. The minimum absolute atomic E-state index is 0.0260. The molecule has 1 fully saturated rings. The van der Waals surface area contributed by atoms with Gasteiger partial charge in [-0.1, -0.05) is 44.2 Å². The van der Waals surface area contributed by atoms with Crippen LogP contribution in [-0.4, -0.2) is 37.7 Å². The van der Waals surface area contributed by atoms with Crippen LogP contribution in [0.25, 0.3) is 0 Å². The number of hydrogen-bond donors (Lipinski definition) is 3. The standard InChI is InChI=1S/C17H25N3O3/c1-17(2)13(20-15(21)10-19-16(22)18-3)9-14(17)23-11-12-7-5-4-6-8-12/h4-8,13-14H,9-11H2,1-3H3,(H,20,21)(H2,18,19,22)/t13-,14+/m0/s1. The van der Waals surface area contributed by atoms with Crippen molar-refractivity contribution >= 4 is 11.9 Å². The van der Waals surface area contributed by atoms with Crippen LogP contribution in [0.3, 0.4) is 0 Å². The van der Waals surface area contributed by atoms with Crippen molar-refractivity contribution in [3.05, 3.63) is 35.9 Å². The van der Waals surface area contributed by atoms with E-state index in [2.05, 4.69) is 29.8 Å². The Labute approximate surface area is 137 Å². The summed E-state index contributed by atoms with van der Waals surface area (Å²) in [6.45, 7) is 4.72. The molecule has 0 aromatic heterocycles. The van der Waals surface area contributed by atoms with Gasteiger partial charge in [0.15, 0.2) is 0 Å². The van der Waals surface area contributed by atoms with Crippen LogP contribution < -0.4 is 16.0 Å². The molecule has 0 heterocycles. The highest BCUT2D eigenvalue weighted by atomic mass is 16.5. The fraction of sp³-hybridized carbons (Fsp3) is 0.529. The van der Waals surface area contributed by atoms with Crippen LogP contribution in [-0.2, 0) is 16.1 Å². The highest BCUT2D eigenvalue weighted by molar-refractivity contribution is 5.84. The summed E-state index contributed by atoms with van der Waals surface area (Å²) in [6, 6.07) is 9.74. The van der Waals surface area contributed by atoms with Gasteiger partial charge < -0.3 is 20.7 Å². The Kier molecular flexibility index (Phi) is 5.60. The van der Waals surface area contributed by atoms with E-state index in [1.165, 1.54) is 7.05 Å². The Morgan fingerprint density at radius 3 is 2.57 bits per heavy atom. The maximum absolute atomic E-state index is 11.8. The summed E-state index contributed by atoms with van der Waals surface area (Å²) in [4.78, 5) is 22.9. The number of carbonyl (C=O) groups excluding carboxylic acids is 2. The van der Waals surface area contributed by atoms with Crippen molar-refractivity contribution < 1.29 is 14.3 Å². The van der Waals surface area contributed by atoms with E-state index in [1.54, 1.807) is 0 Å². The number of urea groups is 1. The lowest BCUT2D eigenvalue weighted by Gasteiger charge is -2.51. The van der Waals surface area contributed by atoms with E-state index < -0.39 is 0 Å². The van der Waals surface area contributed by atoms with Crippen LogP contribution >= 0.6 is 0 Å². The topological polar surface area (TPSA) is 79.5 Å². The second-order valence-corrected chi connectivity index (χ2v) is 6.40. The van der Waals surface area contributed by atoms with Gasteiger partial charge in [-0.25, -0.2) is 4.79 Å². The molecule has 1 saturated carbocycles. The van der Waals surface area contributed by atoms with Gasteiger partial charge in [0.1, 0.15) is 0 Å². The summed E-state index contributed by atoms with van der Waals surface area (Å²) < 4.78 is 5.98. The molecule has 0 radical (unpaired) electrons. The van der Waals surface area contributed by atoms with Crippen LogP contribution in [0.4, 0.5) is 4.79 Å². The molecule has 1 aromatic carbocycles. The average Bonchev–Trinajstić information content (AvgIpc) is 2.56. The highest BCUT2D eigenvalue weighted by Gasteiger charge is 2.49. The van der Waals surface area contributed by atoms with E-state index in [9.17, 15) is 9.59 Å². The Morgan fingerprint density at radius 1 is 1.26 bits per heavy atom. The molecule has 0 saturated heterocycles. The lowest BCUT2D eigenvalue weighted by atomic mass is 9.64. The third-order valence-corrected chi connectivity index (χ3v) is 4.44. The Hall–Kier alpha value is -2.08. The zero-order chi connectivity index (χ0) is 16.9. The summed E-state index contributed by atoms with van der Waals surface area (Å²) in [5.74, 6) is -0.187. The van der Waals surface area contributed by atoms with E-state index in [4.69, 9.17) is 4.74 Å². The van der Waals surface area contributed by atoms with Crippen molar-refractivity contribution in [2.75, 3.05) is 13.6 Å². The second kappa shape index (κ2) is 7.46. The summed E-state index contributed by atoms with van der Waals surface area (Å²) in [5, 5.41) is 7.84. The van der Waals surface area contributed by atoms with Gasteiger partial charge in [0.25, 0.3) is 0 Å². The minimum atomic E-state index is -0.364. The van der Waals surface area contributed by atoms with E-state index in [0.29, 0.717) is 6.61 Å². The number of amides is 3. The van der Waals surface area contributed by atoms with Gasteiger partial charge in [0.2, 0.25) is 5.91 Å². The Morgan fingerprint density at radius 2 is 1.96 bits per heavy atom. The SMILES string of the molecule is CNC(=O)NCC(=O)N[C@H]1C[C@@H](OCc2ccccc2)C1(C)C. The quantitative estimate of drug-likeness (QED) is 0.742. The van der Waals surface area contributed by atoms with Gasteiger partial charge in [0.05, 0.1) is 19.3 Å². The molecule has 23 heavy (non-hydrogen) atoms. The van der Waals surface area contributed by atoms with Crippen LogP contribution in [0.2, 0.25) is 0 Å². The normalized spacial score (nSPS) is 21.9. The fourth-order valence-electron chi connectivity index (χ4n) is 2.68. The smallest absolute Gasteiger partial charge is 0.314 e. The summed E-state index contributed by atoms with van der Waals surface area (Å²) >= 11 is 0. The van der Waals surface area contributed by atoms with Gasteiger partial charge in [-0.05, 0) is 12.0 Å². The Bertz CT molecular complexity index is 545. The zero-order valence-electron chi connectivity index (χ0n) is 13.9. The molecule has 0 unspecified atom stereocenters. The van der Waals surface area contributed by atoms with Crippen molar-refractivity contribution in [3.63, 3.8) is 0 Å². The van der Waals surface area contributed by atoms with Gasteiger partial charge in [0, 0.05) is 18.5 Å². The average molecular weight is 319 g/mol. The van der Waals surface area contributed by atoms with Gasteiger partial charge in [-0.15, -0.1) is 0 Å². The predicted molar refractivity (Wildman–Crippen MR) is 87.8 cm³/mol. The maximum Gasteiger partial charge on any atom is 0.314 e. The summed E-state index contributed by atoms with van der Waals surface area (Å²) in [6.07, 6.45) is 0.894. The molecule has 1 aliphatic carbocycles. The van der Waals surface area contributed by atoms with Crippen molar-refractivity contribution in [2.45, 2.75) is 39.0 Å². The number of ether oxygens (including phenoxy) is 1. The van der Waals surface area contributed by atoms with Gasteiger partial charge >= 0.3 is 6.03 Å². The number of nitrogens with one attached hydrogen (secondary N) is 3. The van der Waals surface area contributed by atoms with Gasteiger partial charge in [-0.3, -0.25) is 4.79 Å². The first-order chi connectivity index (χ1) is 10.9. The molecule has 0 spiro atoms. The molecule has 0 aliphatic heterocycles. The van der Waals surface area contributed by atoms with E-state index >= 15 is 0 Å². The van der Waals surface area contributed by atoms with Gasteiger partial charge in [-0.2, -0.15) is 0 Å². The third-order valence-electron chi connectivity index (χ3n) is 4.44. The lowest BCUT2D eigenvalue weighted by molar-refractivity contribution is -0.140. The van der Waals surface area contributed by atoms with Crippen LogP contribution in [0, 0.1) is 5.41 Å². The first kappa shape index (κ1) is 17.3. The maximum atomic E-state index is 11.8. The highest BCUT2D eigenvalue weighted by Crippen LogP contribution is 2.43. The molecule has 1 aliphatic rings. The first-order valence-corrected chi connectivity index (χ1v) is 7.84. The molecule has 2 atom stereocenters. The molecule has 3 amide bonds. The predicted octanol–water partition coefficient (Wildman–Crippen LogP) is 1.42. The van der Waals surface area contributed by atoms with Crippen molar-refractivity contribution in [1.29, 1.82) is 0 Å². The molecule has 3 N–H and O–H groups in total. The van der Waals surface area contributed by atoms with Crippen LogP contribution in [0.15, 0.2) is 30.3 Å². The van der Waals surface area contributed by atoms with E-state index in [-0.39, 0.29) is 36.0 Å². The molecular formula is C17H25N3O3. The molecule has 6 nitrogen and oxygen atoms in total. The van der Waals surface area contributed by atoms with E-state index in [1.807, 2.05) is 30.3 Å². The molecular weight excluding hydrogens is 294 g/mol. The lowest BCUT2D eigenvalue weighted by Crippen LogP contribution is -2.62. The van der Waals surface area contributed by atoms with Crippen molar-refractivity contribution in [3.8, 4) is 0 Å². The number of hydrogen-bond acceptors (Lipinski definition) is 3. The van der Waals surface area contributed by atoms with Crippen molar-refractivity contribution in [2.24, 2.45) is 5.41 Å². The van der Waals surface area contributed by atoms with Crippen molar-refractivity contribution in [1.82, 2.24) is 16.0 Å². The second-order valence-electron chi connectivity index (χ2n) is 6.40. The first-order valence-electron chi connectivity index (χ1n) is 7.84. The van der Waals surface area contributed by atoms with Crippen LogP contribution in [0.1, 0.15) is 25.8 Å². The molecule has 0 bridgehead atoms. The molecule has 6 heteroatoms. The Balaban J connectivity index is 1.75. The zero-order valence-corrected chi connectivity index (χ0v) is 13.9. The molecule has 126 valence electrons. The summed E-state index contributed by atoms with van der Waals surface area (Å²) in [5.41, 5.74) is 1.02. The monoisotopic (exact) mass is 319 g/mol. The third kappa shape index (κ3) is 4.45. The number of rotatable bonds is 6. The van der Waals surface area contributed by atoms with Crippen LogP contribution in [0.5, 0.6) is 0 Å². The number of carbonyl (C=O) groups is 2. The largest absolute Gasteiger partial charge is 0.373 e. The fourth-order valence-corrected chi connectivity index (χ4v) is 2.68. The summed E-state index contributed by atoms with van der Waals surface area (Å²) in [7, 11) is 1.51. The minimum Gasteiger partial charge on any atom is -0.373 e. The molecule has 1 aromatic rings.